The molecule has 0 saturated carbocycles. The molecule has 1 aromatic carbocycles. The second kappa shape index (κ2) is 8.09. The van der Waals surface area contributed by atoms with Gasteiger partial charge in [0, 0.05) is 25.2 Å². The summed E-state index contributed by atoms with van der Waals surface area (Å²) in [6.45, 7) is 1.33. The summed E-state index contributed by atoms with van der Waals surface area (Å²) in [5.74, 6) is -0.593. The van der Waals surface area contributed by atoms with E-state index in [0.717, 1.165) is 19.3 Å². The van der Waals surface area contributed by atoms with Crippen LogP contribution in [0.2, 0.25) is 0 Å². The number of rotatable bonds is 5. The zero-order valence-corrected chi connectivity index (χ0v) is 15.8. The Morgan fingerprint density at radius 1 is 1.30 bits per heavy atom. The number of amides is 2. The number of nitrogens with zero attached hydrogens (tertiary/aromatic N) is 1. The number of nitrogens with one attached hydrogen (secondary N) is 2. The summed E-state index contributed by atoms with van der Waals surface area (Å²) in [6.07, 6.45) is 2.71. The summed E-state index contributed by atoms with van der Waals surface area (Å²) < 4.78 is 43.0. The first-order chi connectivity index (χ1) is 12.9. The Morgan fingerprint density at radius 2 is 2.00 bits per heavy atom. The molecule has 0 spiro atoms. The Hall–Kier alpha value is -1.75. The molecule has 0 aliphatic carbocycles. The fourth-order valence-electron chi connectivity index (χ4n) is 3.90. The van der Waals surface area contributed by atoms with Gasteiger partial charge in [-0.15, -0.1) is 0 Å². The molecular weight excluding hydrogens is 375 g/mol. The highest BCUT2D eigenvalue weighted by atomic mass is 32.2. The van der Waals surface area contributed by atoms with Crippen LogP contribution in [-0.4, -0.2) is 50.2 Å². The first kappa shape index (κ1) is 20.0. The highest BCUT2D eigenvalue weighted by Crippen LogP contribution is 2.40. The number of primary amides is 1. The van der Waals surface area contributed by atoms with Gasteiger partial charge in [-0.2, -0.15) is 0 Å². The van der Waals surface area contributed by atoms with Crippen LogP contribution in [0, 0.1) is 5.82 Å². The van der Waals surface area contributed by atoms with Crippen LogP contribution in [0.1, 0.15) is 31.2 Å². The Labute approximate surface area is 158 Å². The van der Waals surface area contributed by atoms with Crippen molar-refractivity contribution in [2.75, 3.05) is 26.2 Å². The summed E-state index contributed by atoms with van der Waals surface area (Å²) in [5, 5.41) is 1.95. The molecule has 2 saturated heterocycles. The number of urea groups is 1. The van der Waals surface area contributed by atoms with Gasteiger partial charge >= 0.3 is 6.03 Å². The van der Waals surface area contributed by atoms with Gasteiger partial charge in [-0.25, -0.2) is 27.4 Å². The lowest BCUT2D eigenvalue weighted by Gasteiger charge is -2.44. The molecule has 2 aliphatic rings. The van der Waals surface area contributed by atoms with Gasteiger partial charge in [-0.3, -0.25) is 4.84 Å². The summed E-state index contributed by atoms with van der Waals surface area (Å²) in [4.78, 5) is 16.9. The molecule has 27 heavy (non-hydrogen) atoms. The molecule has 150 valence electrons. The van der Waals surface area contributed by atoms with Crippen molar-refractivity contribution in [2.24, 2.45) is 5.73 Å². The quantitative estimate of drug-likeness (QED) is 0.633. The van der Waals surface area contributed by atoms with Crippen LogP contribution in [0.5, 0.6) is 0 Å². The maximum atomic E-state index is 14.7. The average molecular weight is 400 g/mol. The monoisotopic (exact) mass is 400 g/mol. The van der Waals surface area contributed by atoms with Gasteiger partial charge in [0.1, 0.15) is 16.7 Å². The lowest BCUT2D eigenvalue weighted by molar-refractivity contribution is -0.110. The third-order valence-corrected chi connectivity index (χ3v) is 7.57. The highest BCUT2D eigenvalue weighted by molar-refractivity contribution is 7.89. The fourth-order valence-corrected chi connectivity index (χ4v) is 6.13. The van der Waals surface area contributed by atoms with Crippen molar-refractivity contribution >= 4 is 16.1 Å². The Morgan fingerprint density at radius 3 is 2.67 bits per heavy atom. The van der Waals surface area contributed by atoms with Crippen LogP contribution in [0.4, 0.5) is 9.18 Å². The van der Waals surface area contributed by atoms with Gasteiger partial charge in [0.15, 0.2) is 0 Å². The molecule has 2 heterocycles. The van der Waals surface area contributed by atoms with E-state index in [2.05, 4.69) is 5.32 Å². The third-order valence-electron chi connectivity index (χ3n) is 5.22. The van der Waals surface area contributed by atoms with Crippen molar-refractivity contribution in [1.82, 2.24) is 15.1 Å². The van der Waals surface area contributed by atoms with Crippen LogP contribution < -0.4 is 16.5 Å². The largest absolute Gasteiger partial charge is 0.350 e. The van der Waals surface area contributed by atoms with Gasteiger partial charge in [0.2, 0.25) is 10.0 Å². The number of carbonyl (C=O) groups excluding carboxylic acids is 1. The standard InChI is InChI=1S/C17H25FN4O4S/c18-14-7-3-2-6-13(14)17(26-21-16(19)23)8-9-20-12-15(17)27(24,25)22-10-4-1-5-11-22/h2-3,6-7,15,20H,1,4-5,8-12H2,(H3,19,21,23). The molecular formula is C17H25FN4O4S. The summed E-state index contributed by atoms with van der Waals surface area (Å²) in [7, 11) is -3.82. The Balaban J connectivity index is 2.07. The second-order valence-corrected chi connectivity index (χ2v) is 9.00. The lowest BCUT2D eigenvalue weighted by atomic mass is 9.84. The SMILES string of the molecule is NC(=O)NOC1(c2ccccc2F)CCNCC1S(=O)(=O)N1CCCCC1. The Bertz CT molecular complexity index is 785. The number of halogens is 1. The van der Waals surface area contributed by atoms with E-state index >= 15 is 0 Å². The topological polar surface area (TPSA) is 114 Å². The summed E-state index contributed by atoms with van der Waals surface area (Å²) in [5.41, 5.74) is 5.69. The fraction of sp³-hybridized carbons (Fsp3) is 0.588. The molecule has 1 aromatic rings. The Kier molecular flexibility index (Phi) is 5.99. The van der Waals surface area contributed by atoms with Crippen LogP contribution in [0.25, 0.3) is 0 Å². The van der Waals surface area contributed by atoms with Crippen molar-refractivity contribution in [3.8, 4) is 0 Å². The molecule has 2 fully saturated rings. The number of nitrogens with two attached hydrogens (primary N) is 1. The van der Waals surface area contributed by atoms with Gasteiger partial charge < -0.3 is 11.1 Å². The summed E-state index contributed by atoms with van der Waals surface area (Å²) in [6, 6.07) is 4.89. The maximum Gasteiger partial charge on any atom is 0.336 e. The van der Waals surface area contributed by atoms with E-state index in [0.29, 0.717) is 19.6 Å². The van der Waals surface area contributed by atoms with E-state index in [1.54, 1.807) is 6.07 Å². The molecule has 2 amide bonds. The molecule has 2 aliphatic heterocycles. The average Bonchev–Trinajstić information content (AvgIpc) is 2.67. The minimum atomic E-state index is -3.82. The van der Waals surface area contributed by atoms with E-state index in [-0.39, 0.29) is 18.5 Å². The molecule has 2 unspecified atom stereocenters. The van der Waals surface area contributed by atoms with Crippen LogP contribution >= 0.6 is 0 Å². The van der Waals surface area contributed by atoms with Crippen LogP contribution in [0.15, 0.2) is 24.3 Å². The molecule has 8 nitrogen and oxygen atoms in total. The lowest BCUT2D eigenvalue weighted by Crippen LogP contribution is -2.62. The van der Waals surface area contributed by atoms with Crippen LogP contribution in [-0.2, 0) is 20.5 Å². The smallest absolute Gasteiger partial charge is 0.336 e. The molecule has 0 aromatic heterocycles. The molecule has 2 atom stereocenters. The third kappa shape index (κ3) is 3.93. The molecule has 0 radical (unpaired) electrons. The molecule has 10 heteroatoms. The molecule has 3 rings (SSSR count). The van der Waals surface area contributed by atoms with Crippen molar-refractivity contribution in [1.29, 1.82) is 0 Å². The number of sulfonamides is 1. The maximum absolute atomic E-state index is 14.7. The van der Waals surface area contributed by atoms with E-state index in [4.69, 9.17) is 10.6 Å². The van der Waals surface area contributed by atoms with Gasteiger partial charge in [-0.05, 0) is 31.9 Å². The van der Waals surface area contributed by atoms with E-state index in [1.165, 1.54) is 22.5 Å². The van der Waals surface area contributed by atoms with Gasteiger partial charge in [0.25, 0.3) is 0 Å². The predicted molar refractivity (Wildman–Crippen MR) is 97.5 cm³/mol. The van der Waals surface area contributed by atoms with Gasteiger partial charge in [0.05, 0.1) is 0 Å². The number of benzene rings is 1. The van der Waals surface area contributed by atoms with Crippen molar-refractivity contribution < 1.29 is 22.4 Å². The normalized spacial score (nSPS) is 27.2. The highest BCUT2D eigenvalue weighted by Gasteiger charge is 2.54. The zero-order valence-electron chi connectivity index (χ0n) is 15.0. The molecule has 0 bridgehead atoms. The zero-order chi connectivity index (χ0) is 19.5. The van der Waals surface area contributed by atoms with E-state index < -0.39 is 32.7 Å². The second-order valence-electron chi connectivity index (χ2n) is 6.89. The number of hydroxylamine groups is 1. The van der Waals surface area contributed by atoms with Crippen LogP contribution in [0.3, 0.4) is 0 Å². The number of hydrogen-bond donors (Lipinski definition) is 3. The van der Waals surface area contributed by atoms with Crippen molar-refractivity contribution in [2.45, 2.75) is 36.5 Å². The van der Waals surface area contributed by atoms with Gasteiger partial charge in [-0.1, -0.05) is 24.6 Å². The first-order valence-electron chi connectivity index (χ1n) is 9.06. The number of carbonyl (C=O) groups is 1. The minimum Gasteiger partial charge on any atom is -0.350 e. The molecule has 4 N–H and O–H groups in total. The first-order valence-corrected chi connectivity index (χ1v) is 10.6. The van der Waals surface area contributed by atoms with E-state index in [1.807, 2.05) is 5.48 Å². The number of hydrogen-bond acceptors (Lipinski definition) is 5. The minimum absolute atomic E-state index is 0.0770. The number of piperidine rings is 2. The van der Waals surface area contributed by atoms with Crippen molar-refractivity contribution in [3.05, 3.63) is 35.6 Å². The van der Waals surface area contributed by atoms with E-state index in [9.17, 15) is 17.6 Å². The predicted octanol–water partition coefficient (Wildman–Crippen LogP) is 0.798. The summed E-state index contributed by atoms with van der Waals surface area (Å²) >= 11 is 0. The van der Waals surface area contributed by atoms with Crippen molar-refractivity contribution in [3.63, 3.8) is 0 Å².